The predicted octanol–water partition coefficient (Wildman–Crippen LogP) is 3.51. The van der Waals surface area contributed by atoms with Crippen LogP contribution in [0.15, 0.2) is 85.7 Å². The van der Waals surface area contributed by atoms with Gasteiger partial charge in [-0.3, -0.25) is 14.2 Å². The van der Waals surface area contributed by atoms with Gasteiger partial charge in [-0.25, -0.2) is 9.80 Å². The lowest BCUT2D eigenvalue weighted by Gasteiger charge is -2.19. The third kappa shape index (κ3) is 4.65. The van der Waals surface area contributed by atoms with Crippen molar-refractivity contribution < 1.29 is 27.9 Å². The summed E-state index contributed by atoms with van der Waals surface area (Å²) >= 11 is 0. The molecule has 0 radical (unpaired) electrons. The Hall–Kier alpha value is -4.60. The zero-order valence-corrected chi connectivity index (χ0v) is 19.5. The second kappa shape index (κ2) is 9.95. The third-order valence-electron chi connectivity index (χ3n) is 5.93. The Bertz CT molecular complexity index is 1470. The van der Waals surface area contributed by atoms with E-state index in [-0.39, 0.29) is 13.0 Å². The van der Waals surface area contributed by atoms with Gasteiger partial charge in [0.05, 0.1) is 31.0 Å². The Morgan fingerprint density at radius 1 is 1.08 bits per heavy atom. The van der Waals surface area contributed by atoms with Crippen LogP contribution in [0.25, 0.3) is 11.1 Å². The molecule has 0 N–H and O–H groups in total. The smallest absolute Gasteiger partial charge is 0.419 e. The molecule has 3 heterocycles. The predicted molar refractivity (Wildman–Crippen MR) is 128 cm³/mol. The molecule has 10 heteroatoms. The molecule has 0 saturated carbocycles. The van der Waals surface area contributed by atoms with Crippen LogP contribution >= 0.6 is 0 Å². The number of hydrogen-bond donors (Lipinski definition) is 0. The zero-order valence-electron chi connectivity index (χ0n) is 19.5. The topological polar surface area (TPSA) is 116 Å². The van der Waals surface area contributed by atoms with Crippen molar-refractivity contribution in [3.8, 4) is 5.75 Å². The minimum atomic E-state index is -0.617. The Labute approximate surface area is 205 Å². The first-order chi connectivity index (χ1) is 17.5. The van der Waals surface area contributed by atoms with E-state index in [1.165, 1.54) is 15.8 Å². The number of nitrogens with zero attached hydrogens (tertiary/aromatic N) is 3. The maximum absolute atomic E-state index is 13.0. The third-order valence-corrected chi connectivity index (χ3v) is 5.93. The Morgan fingerprint density at radius 2 is 1.89 bits per heavy atom. The molecular weight excluding hydrogens is 466 g/mol. The molecule has 1 aliphatic heterocycles. The van der Waals surface area contributed by atoms with Gasteiger partial charge in [0.2, 0.25) is 0 Å². The fraction of sp³-hybridized carbons (Fsp3) is 0.231. The quantitative estimate of drug-likeness (QED) is 0.348. The summed E-state index contributed by atoms with van der Waals surface area (Å²) in [6.07, 6.45) is 1.87. The molecule has 5 rings (SSSR count). The molecule has 0 saturated heterocycles. The number of hydrazone groups is 1. The second-order valence-corrected chi connectivity index (χ2v) is 8.15. The van der Waals surface area contributed by atoms with Crippen molar-refractivity contribution in [2.24, 2.45) is 5.10 Å². The number of carbonyl (C=O) groups is 2. The molecule has 2 aromatic carbocycles. The number of esters is 1. The minimum absolute atomic E-state index is 0.0708. The van der Waals surface area contributed by atoms with Gasteiger partial charge in [0, 0.05) is 13.0 Å². The average Bonchev–Trinajstić information content (AvgIpc) is 3.64. The fourth-order valence-electron chi connectivity index (χ4n) is 4.11. The number of methoxy groups -OCH3 is 1. The van der Waals surface area contributed by atoms with E-state index in [2.05, 4.69) is 5.10 Å². The lowest BCUT2D eigenvalue weighted by Crippen LogP contribution is -2.31. The van der Waals surface area contributed by atoms with E-state index in [1.54, 1.807) is 43.5 Å². The van der Waals surface area contributed by atoms with Crippen molar-refractivity contribution in [2.75, 3.05) is 13.7 Å². The summed E-state index contributed by atoms with van der Waals surface area (Å²) in [5, 5.41) is 5.80. The number of rotatable bonds is 8. The first-order valence-electron chi connectivity index (χ1n) is 11.3. The van der Waals surface area contributed by atoms with Crippen molar-refractivity contribution in [1.82, 2.24) is 9.58 Å². The summed E-state index contributed by atoms with van der Waals surface area (Å²) in [4.78, 5) is 37.4. The van der Waals surface area contributed by atoms with Crippen molar-refractivity contribution >= 4 is 28.7 Å². The van der Waals surface area contributed by atoms with E-state index >= 15 is 0 Å². The van der Waals surface area contributed by atoms with Crippen LogP contribution in [0, 0.1) is 0 Å². The van der Waals surface area contributed by atoms with Crippen molar-refractivity contribution in [3.05, 3.63) is 88.8 Å². The molecule has 0 aliphatic carbocycles. The molecule has 184 valence electrons. The molecule has 1 aliphatic rings. The molecule has 1 amide bonds. The number of aryl methyl sites for hydroxylation is 1. The van der Waals surface area contributed by atoms with E-state index in [1.807, 2.05) is 24.3 Å². The van der Waals surface area contributed by atoms with Crippen LogP contribution in [0.4, 0.5) is 0 Å². The molecule has 4 aromatic rings. The average molecular weight is 489 g/mol. The Morgan fingerprint density at radius 3 is 2.64 bits per heavy atom. The van der Waals surface area contributed by atoms with E-state index in [0.29, 0.717) is 34.7 Å². The van der Waals surface area contributed by atoms with Gasteiger partial charge in [-0.1, -0.05) is 12.1 Å². The fourth-order valence-corrected chi connectivity index (χ4v) is 4.11. The van der Waals surface area contributed by atoms with Crippen molar-refractivity contribution in [1.29, 1.82) is 0 Å². The van der Waals surface area contributed by atoms with Gasteiger partial charge in [0.25, 0.3) is 5.91 Å². The van der Waals surface area contributed by atoms with Gasteiger partial charge in [0.1, 0.15) is 17.6 Å². The number of fused-ring (bicyclic) bond motifs is 1. The molecule has 0 bridgehead atoms. The highest BCUT2D eigenvalue weighted by atomic mass is 16.5. The lowest BCUT2D eigenvalue weighted by atomic mass is 10.0. The summed E-state index contributed by atoms with van der Waals surface area (Å²) in [5.74, 6) is -0.370. The van der Waals surface area contributed by atoms with Crippen LogP contribution < -0.4 is 10.5 Å². The van der Waals surface area contributed by atoms with Crippen molar-refractivity contribution in [2.45, 2.75) is 25.4 Å². The number of benzene rings is 2. The normalized spacial score (nSPS) is 15.2. The maximum Gasteiger partial charge on any atom is 0.419 e. The lowest BCUT2D eigenvalue weighted by molar-refractivity contribution is -0.153. The van der Waals surface area contributed by atoms with Crippen LogP contribution in [0.3, 0.4) is 0 Å². The van der Waals surface area contributed by atoms with Crippen LogP contribution in [0.2, 0.25) is 0 Å². The number of ether oxygens (including phenoxy) is 2. The number of carbonyl (C=O) groups excluding carboxylic acids is 2. The number of oxazole rings is 1. The largest absolute Gasteiger partial charge is 0.497 e. The van der Waals surface area contributed by atoms with Gasteiger partial charge in [-0.15, -0.1) is 0 Å². The van der Waals surface area contributed by atoms with Gasteiger partial charge in [-0.05, 0) is 54.1 Å². The minimum Gasteiger partial charge on any atom is -0.497 e. The first-order valence-corrected chi connectivity index (χ1v) is 11.3. The van der Waals surface area contributed by atoms with Gasteiger partial charge < -0.3 is 18.3 Å². The number of hydrogen-bond acceptors (Lipinski definition) is 8. The summed E-state index contributed by atoms with van der Waals surface area (Å²) in [6.45, 7) is -0.419. The zero-order chi connectivity index (χ0) is 25.1. The van der Waals surface area contributed by atoms with Crippen LogP contribution in [-0.4, -0.2) is 40.9 Å². The van der Waals surface area contributed by atoms with Crippen molar-refractivity contribution in [3.63, 3.8) is 0 Å². The van der Waals surface area contributed by atoms with E-state index in [0.717, 1.165) is 5.56 Å². The second-order valence-electron chi connectivity index (χ2n) is 8.15. The highest BCUT2D eigenvalue weighted by Crippen LogP contribution is 2.33. The number of para-hydroxylation sites is 2. The molecule has 10 nitrogen and oxygen atoms in total. The molecule has 1 atom stereocenters. The Balaban J connectivity index is 1.24. The Kier molecular flexibility index (Phi) is 6.40. The van der Waals surface area contributed by atoms with Gasteiger partial charge >= 0.3 is 11.7 Å². The first kappa shape index (κ1) is 23.2. The molecule has 2 aromatic heterocycles. The maximum atomic E-state index is 13.0. The van der Waals surface area contributed by atoms with Crippen LogP contribution in [0.5, 0.6) is 5.75 Å². The number of amides is 1. The highest BCUT2D eigenvalue weighted by molar-refractivity contribution is 6.03. The molecule has 0 spiro atoms. The van der Waals surface area contributed by atoms with E-state index in [9.17, 15) is 14.4 Å². The van der Waals surface area contributed by atoms with Gasteiger partial charge in [-0.2, -0.15) is 5.10 Å². The standard InChI is InChI=1S/C26H23N3O7/c1-33-18-10-8-17(9-11-18)19-15-21(22-7-4-14-34-22)29(27-19)24(30)16-35-25(31)12-13-28-20-5-2-3-6-23(20)36-26(28)32/h2-11,14,21H,12-13,15-16H2,1H3. The number of furan rings is 1. The summed E-state index contributed by atoms with van der Waals surface area (Å²) in [6, 6.07) is 17.4. The van der Waals surface area contributed by atoms with E-state index < -0.39 is 30.3 Å². The molecular formula is C26H23N3O7. The highest BCUT2D eigenvalue weighted by Gasteiger charge is 2.35. The SMILES string of the molecule is COc1ccc(C2=NN(C(=O)COC(=O)CCn3c(=O)oc4ccccc43)C(c3ccco3)C2)cc1. The summed E-state index contributed by atoms with van der Waals surface area (Å²) in [7, 11) is 1.59. The molecule has 0 fully saturated rings. The summed E-state index contributed by atoms with van der Waals surface area (Å²) < 4.78 is 22.5. The molecule has 1 unspecified atom stereocenters. The van der Waals surface area contributed by atoms with E-state index in [4.69, 9.17) is 18.3 Å². The van der Waals surface area contributed by atoms with Crippen LogP contribution in [0.1, 0.15) is 30.2 Å². The summed E-state index contributed by atoms with van der Waals surface area (Å²) in [5.41, 5.74) is 2.57. The molecule has 36 heavy (non-hydrogen) atoms. The van der Waals surface area contributed by atoms with Gasteiger partial charge in [0.15, 0.2) is 12.2 Å². The number of aromatic nitrogens is 1. The van der Waals surface area contributed by atoms with Crippen LogP contribution in [-0.2, 0) is 20.9 Å². The monoisotopic (exact) mass is 489 g/mol.